The Bertz CT molecular complexity index is 574. The van der Waals surface area contributed by atoms with E-state index >= 15 is 0 Å². The van der Waals surface area contributed by atoms with Crippen LogP contribution in [0.2, 0.25) is 12.1 Å². The Kier molecular flexibility index (Phi) is 7.31. The van der Waals surface area contributed by atoms with Crippen LogP contribution in [-0.4, -0.2) is 54.0 Å². The second kappa shape index (κ2) is 7.44. The summed E-state index contributed by atoms with van der Waals surface area (Å²) in [6.07, 6.45) is 0. The number of sulfonamides is 2. The Morgan fingerprint density at radius 2 is 1.21 bits per heavy atom. The average Bonchev–Trinajstić information content (AvgIpc) is 2.41. The topological polar surface area (TPSA) is 90.0 Å². The summed E-state index contributed by atoms with van der Waals surface area (Å²) in [6.45, 7) is 0.894. The lowest BCUT2D eigenvalue weighted by molar-refractivity contribution is -0.0556. The molecule has 0 radical (unpaired) electrons. The van der Waals surface area contributed by atoms with Gasteiger partial charge in [0.05, 0.1) is 0 Å². The Morgan fingerprint density at radius 1 is 0.875 bits per heavy atom. The second-order valence-corrected chi connectivity index (χ2v) is 12.1. The molecule has 0 aliphatic carbocycles. The lowest BCUT2D eigenvalue weighted by Crippen LogP contribution is -2.52. The van der Waals surface area contributed by atoms with E-state index in [4.69, 9.17) is 8.85 Å². The highest BCUT2D eigenvalue weighted by atomic mass is 32.3. The SMILES string of the molecule is CC[Si](CC)(OC)OCN(S(=O)(=O)C(F)(F)F)S(=O)(=O)C(F)(F)F. The quantitative estimate of drug-likeness (QED) is 0.335. The number of hydrogen-bond donors (Lipinski definition) is 0. The molecule has 0 aromatic carbocycles. The Morgan fingerprint density at radius 3 is 1.42 bits per heavy atom. The molecule has 7 nitrogen and oxygen atoms in total. The lowest BCUT2D eigenvalue weighted by Gasteiger charge is -2.30. The number of hydrogen-bond acceptors (Lipinski definition) is 6. The summed E-state index contributed by atoms with van der Waals surface area (Å²) >= 11 is 0. The van der Waals surface area contributed by atoms with Crippen LogP contribution in [0.1, 0.15) is 13.8 Å². The molecule has 0 rings (SSSR count). The molecule has 0 atom stereocenters. The van der Waals surface area contributed by atoms with E-state index in [1.165, 1.54) is 13.8 Å². The smallest absolute Gasteiger partial charge is 0.398 e. The van der Waals surface area contributed by atoms with Gasteiger partial charge >= 0.3 is 39.6 Å². The van der Waals surface area contributed by atoms with Gasteiger partial charge in [0.15, 0.2) is 0 Å². The Balaban J connectivity index is 6.06. The van der Waals surface area contributed by atoms with Gasteiger partial charge in [-0.1, -0.05) is 17.6 Å². The van der Waals surface area contributed by atoms with E-state index in [1.54, 1.807) is 0 Å². The second-order valence-electron chi connectivity index (χ2n) is 4.27. The lowest BCUT2D eigenvalue weighted by atomic mass is 10.9. The molecule has 146 valence electrons. The molecule has 0 aliphatic rings. The van der Waals surface area contributed by atoms with Gasteiger partial charge in [-0.15, -0.1) is 0 Å². The molecule has 0 saturated carbocycles. The molecule has 0 bridgehead atoms. The maximum absolute atomic E-state index is 12.5. The minimum atomic E-state index is -6.86. The Hall–Kier alpha value is -0.423. The van der Waals surface area contributed by atoms with Gasteiger partial charge in [0.25, 0.3) is 0 Å². The third-order valence-corrected chi connectivity index (χ3v) is 10.2. The van der Waals surface area contributed by atoms with Crippen molar-refractivity contribution in [3.63, 3.8) is 0 Å². The first kappa shape index (κ1) is 23.6. The highest BCUT2D eigenvalue weighted by Crippen LogP contribution is 2.35. The van der Waals surface area contributed by atoms with Crippen molar-refractivity contribution in [2.24, 2.45) is 0 Å². The van der Waals surface area contributed by atoms with Crippen molar-refractivity contribution in [1.82, 2.24) is 3.71 Å². The van der Waals surface area contributed by atoms with E-state index < -0.39 is 50.1 Å². The van der Waals surface area contributed by atoms with Crippen molar-refractivity contribution in [3.8, 4) is 0 Å². The van der Waals surface area contributed by atoms with E-state index in [0.717, 1.165) is 7.11 Å². The van der Waals surface area contributed by atoms with Gasteiger partial charge in [-0.3, -0.25) is 0 Å². The van der Waals surface area contributed by atoms with Crippen molar-refractivity contribution < 1.29 is 52.0 Å². The highest BCUT2D eigenvalue weighted by Gasteiger charge is 2.62. The minimum Gasteiger partial charge on any atom is -0.398 e. The number of nitrogens with zero attached hydrogens (tertiary/aromatic N) is 1. The maximum Gasteiger partial charge on any atom is 0.512 e. The number of alkyl halides is 6. The van der Waals surface area contributed by atoms with Gasteiger partial charge in [0.1, 0.15) is 6.73 Å². The zero-order valence-electron chi connectivity index (χ0n) is 12.6. The van der Waals surface area contributed by atoms with Crippen LogP contribution in [0.3, 0.4) is 0 Å². The summed E-state index contributed by atoms with van der Waals surface area (Å²) in [6, 6.07) is 0.0674. The van der Waals surface area contributed by atoms with E-state index in [9.17, 15) is 43.2 Å². The summed E-state index contributed by atoms with van der Waals surface area (Å²) in [4.78, 5) is 0. The normalized spacial score (nSPS) is 15.1. The fourth-order valence-corrected chi connectivity index (χ4v) is 6.01. The van der Waals surface area contributed by atoms with Crippen molar-refractivity contribution in [2.45, 2.75) is 37.0 Å². The summed E-state index contributed by atoms with van der Waals surface area (Å²) in [5.41, 5.74) is -12.5. The zero-order chi connectivity index (χ0) is 19.6. The minimum absolute atomic E-state index is 0.0337. The standard InChI is InChI=1S/C8H15F6NO6S2Si/c1-4-24(5-2,20-3)21-6-15(22(16,17)7(9,10)11)23(18,19)8(12,13)14/h4-6H2,1-3H3. The molecule has 24 heavy (non-hydrogen) atoms. The predicted molar refractivity (Wildman–Crippen MR) is 71.5 cm³/mol. The fourth-order valence-electron chi connectivity index (χ4n) is 1.47. The molecule has 0 saturated heterocycles. The first-order valence-electron chi connectivity index (χ1n) is 6.12. The van der Waals surface area contributed by atoms with Crippen molar-refractivity contribution in [2.75, 3.05) is 13.8 Å². The summed E-state index contributed by atoms with van der Waals surface area (Å²) < 4.78 is 128. The van der Waals surface area contributed by atoms with Gasteiger partial charge in [0, 0.05) is 7.11 Å². The molecule has 0 aromatic heterocycles. The molecule has 0 aromatic rings. The molecule has 0 heterocycles. The van der Waals surface area contributed by atoms with Gasteiger partial charge in [-0.05, 0) is 12.1 Å². The molecule has 0 fully saturated rings. The van der Waals surface area contributed by atoms with Gasteiger partial charge < -0.3 is 8.85 Å². The van der Waals surface area contributed by atoms with Crippen LogP contribution in [0.25, 0.3) is 0 Å². The first-order chi connectivity index (χ1) is 10.5. The van der Waals surface area contributed by atoms with Gasteiger partial charge in [-0.2, -0.15) is 26.3 Å². The van der Waals surface area contributed by atoms with Crippen LogP contribution in [0.15, 0.2) is 0 Å². The maximum atomic E-state index is 12.5. The van der Waals surface area contributed by atoms with Crippen LogP contribution in [0.5, 0.6) is 0 Å². The molecule has 0 amide bonds. The summed E-state index contributed by atoms with van der Waals surface area (Å²) in [5.74, 6) is 0. The predicted octanol–water partition coefficient (Wildman–Crippen LogP) is 2.09. The fraction of sp³-hybridized carbons (Fsp3) is 1.00. The number of rotatable bonds is 8. The van der Waals surface area contributed by atoms with E-state index in [-0.39, 0.29) is 12.1 Å². The van der Waals surface area contributed by atoms with Crippen LogP contribution in [0.4, 0.5) is 26.3 Å². The summed E-state index contributed by atoms with van der Waals surface area (Å²) in [7, 11) is -16.0. The first-order valence-corrected chi connectivity index (χ1v) is 11.2. The Labute approximate surface area is 135 Å². The van der Waals surface area contributed by atoms with Crippen LogP contribution >= 0.6 is 0 Å². The molecule has 0 spiro atoms. The van der Waals surface area contributed by atoms with Crippen LogP contribution in [0, 0.1) is 0 Å². The van der Waals surface area contributed by atoms with Crippen LogP contribution < -0.4 is 0 Å². The van der Waals surface area contributed by atoms with Crippen molar-refractivity contribution in [1.29, 1.82) is 0 Å². The van der Waals surface area contributed by atoms with Crippen molar-refractivity contribution in [3.05, 3.63) is 0 Å². The van der Waals surface area contributed by atoms with Crippen LogP contribution in [-0.2, 0) is 28.9 Å². The highest BCUT2D eigenvalue weighted by molar-refractivity contribution is 8.04. The number of halogens is 6. The molecular weight excluding hydrogens is 412 g/mol. The average molecular weight is 427 g/mol. The molecule has 16 heteroatoms. The van der Waals surface area contributed by atoms with Crippen molar-refractivity contribution >= 4 is 28.6 Å². The molecule has 0 N–H and O–H groups in total. The zero-order valence-corrected chi connectivity index (χ0v) is 15.2. The molecule has 0 unspecified atom stereocenters. The van der Waals surface area contributed by atoms with Gasteiger partial charge in [-0.25, -0.2) is 16.8 Å². The van der Waals surface area contributed by atoms with E-state index in [2.05, 4.69) is 0 Å². The van der Waals surface area contributed by atoms with E-state index in [1.807, 2.05) is 0 Å². The third kappa shape index (κ3) is 4.60. The van der Waals surface area contributed by atoms with Gasteiger partial charge in [0.2, 0.25) is 0 Å². The third-order valence-electron chi connectivity index (χ3n) is 3.00. The monoisotopic (exact) mass is 427 g/mol. The molecular formula is C8H15F6NO6S2Si. The summed E-state index contributed by atoms with van der Waals surface area (Å²) in [5, 5.41) is 0. The largest absolute Gasteiger partial charge is 0.512 e. The van der Waals surface area contributed by atoms with E-state index in [0.29, 0.717) is 0 Å². The molecule has 0 aliphatic heterocycles.